The number of aldehydes is 1. The van der Waals surface area contributed by atoms with E-state index >= 15 is 0 Å². The maximum Gasteiger partial charge on any atom is 0.274 e. The van der Waals surface area contributed by atoms with Gasteiger partial charge in [-0.25, -0.2) is 9.37 Å². The summed E-state index contributed by atoms with van der Waals surface area (Å²) in [4.78, 5) is 29.2. The molecule has 1 aromatic carbocycles. The second kappa shape index (κ2) is 5.95. The number of aromatic nitrogens is 2. The molecular weight excluding hydrogens is 281 g/mol. The highest BCUT2D eigenvalue weighted by molar-refractivity contribution is 5.95. The van der Waals surface area contributed by atoms with Crippen molar-refractivity contribution < 1.29 is 24.2 Å². The lowest BCUT2D eigenvalue weighted by Crippen LogP contribution is -2.24. The number of carbonyl (C=O) groups excluding carboxylic acids is 2. The van der Waals surface area contributed by atoms with Crippen LogP contribution < -0.4 is 5.32 Å². The first-order valence-electron chi connectivity index (χ1n) is 5.79. The number of benzene rings is 1. The van der Waals surface area contributed by atoms with Crippen molar-refractivity contribution in [2.45, 2.75) is 6.54 Å². The Morgan fingerprint density at radius 3 is 2.52 bits per heavy atom. The van der Waals surface area contributed by atoms with Crippen molar-refractivity contribution in [1.29, 1.82) is 0 Å². The predicted molar refractivity (Wildman–Crippen MR) is 68.3 cm³/mol. The molecule has 1 heterocycles. The van der Waals surface area contributed by atoms with Crippen LogP contribution in [0.1, 0.15) is 26.7 Å². The standard InChI is InChI=1S/C13H10FN3O4/c14-8-3-1-7(2-4-8)5-15-12(20)10-11(19)13(21)17-9(6-18)16-10/h1-4,6,19H,5H2,(H,15,20)(H,16,17,21). The summed E-state index contributed by atoms with van der Waals surface area (Å²) < 4.78 is 12.7. The molecular formula is C13H10FN3O4. The quantitative estimate of drug-likeness (QED) is 0.717. The zero-order valence-electron chi connectivity index (χ0n) is 10.6. The Kier molecular flexibility index (Phi) is 4.07. The van der Waals surface area contributed by atoms with Gasteiger partial charge in [0.05, 0.1) is 0 Å². The molecule has 0 aliphatic rings. The van der Waals surface area contributed by atoms with Gasteiger partial charge in [-0.3, -0.25) is 9.59 Å². The van der Waals surface area contributed by atoms with E-state index in [1.54, 1.807) is 0 Å². The Labute approximate surface area is 118 Å². The summed E-state index contributed by atoms with van der Waals surface area (Å²) in [6, 6.07) is 5.42. The van der Waals surface area contributed by atoms with Gasteiger partial charge in [-0.05, 0) is 17.7 Å². The summed E-state index contributed by atoms with van der Waals surface area (Å²) in [6.07, 6.45) is 0.232. The SMILES string of the molecule is O=Cc1nc(O)c(O)c(C(=O)NCc2ccc(F)cc2)n1. The maximum atomic E-state index is 12.7. The highest BCUT2D eigenvalue weighted by Gasteiger charge is 2.19. The first-order chi connectivity index (χ1) is 10.0. The molecule has 0 fully saturated rings. The number of hydrogen-bond acceptors (Lipinski definition) is 6. The first kappa shape index (κ1) is 14.4. The Morgan fingerprint density at radius 2 is 1.90 bits per heavy atom. The molecule has 0 aliphatic carbocycles. The number of hydrogen-bond donors (Lipinski definition) is 3. The minimum absolute atomic E-state index is 0.0553. The fraction of sp³-hybridized carbons (Fsp3) is 0.0769. The average molecular weight is 291 g/mol. The molecule has 21 heavy (non-hydrogen) atoms. The van der Waals surface area contributed by atoms with Crippen molar-refractivity contribution in [3.63, 3.8) is 0 Å². The molecule has 2 rings (SSSR count). The zero-order valence-corrected chi connectivity index (χ0v) is 10.6. The number of aromatic hydroxyl groups is 2. The maximum absolute atomic E-state index is 12.7. The molecule has 3 N–H and O–H groups in total. The molecule has 2 aromatic rings. The average Bonchev–Trinajstić information content (AvgIpc) is 2.49. The molecule has 8 heteroatoms. The molecule has 1 aromatic heterocycles. The van der Waals surface area contributed by atoms with Crippen LogP contribution in [0.2, 0.25) is 0 Å². The number of nitrogens with one attached hydrogen (secondary N) is 1. The summed E-state index contributed by atoms with van der Waals surface area (Å²) in [5.41, 5.74) is 0.102. The van der Waals surface area contributed by atoms with Gasteiger partial charge in [-0.2, -0.15) is 4.98 Å². The van der Waals surface area contributed by atoms with Gasteiger partial charge in [-0.1, -0.05) is 12.1 Å². The lowest BCUT2D eigenvalue weighted by atomic mass is 10.2. The number of amides is 1. The van der Waals surface area contributed by atoms with Gasteiger partial charge < -0.3 is 15.5 Å². The second-order valence-corrected chi connectivity index (χ2v) is 4.03. The summed E-state index contributed by atoms with van der Waals surface area (Å²) in [5, 5.41) is 21.2. The van der Waals surface area contributed by atoms with E-state index in [1.807, 2.05) is 0 Å². The monoisotopic (exact) mass is 291 g/mol. The van der Waals surface area contributed by atoms with Gasteiger partial charge in [0.15, 0.2) is 17.8 Å². The molecule has 0 unspecified atom stereocenters. The molecule has 7 nitrogen and oxygen atoms in total. The van der Waals surface area contributed by atoms with Crippen LogP contribution in [-0.2, 0) is 6.54 Å². The van der Waals surface area contributed by atoms with E-state index in [0.29, 0.717) is 5.56 Å². The van der Waals surface area contributed by atoms with E-state index in [9.17, 15) is 24.2 Å². The van der Waals surface area contributed by atoms with Crippen molar-refractivity contribution in [1.82, 2.24) is 15.3 Å². The van der Waals surface area contributed by atoms with Crippen LogP contribution in [0, 0.1) is 5.82 Å². The van der Waals surface area contributed by atoms with E-state index in [0.717, 1.165) is 0 Å². The van der Waals surface area contributed by atoms with E-state index in [2.05, 4.69) is 15.3 Å². The summed E-state index contributed by atoms with van der Waals surface area (Å²) in [7, 11) is 0. The highest BCUT2D eigenvalue weighted by atomic mass is 19.1. The van der Waals surface area contributed by atoms with E-state index in [-0.39, 0.29) is 12.8 Å². The van der Waals surface area contributed by atoms with Crippen molar-refractivity contribution in [3.8, 4) is 11.6 Å². The van der Waals surface area contributed by atoms with Crippen molar-refractivity contribution in [2.24, 2.45) is 0 Å². The highest BCUT2D eigenvalue weighted by Crippen LogP contribution is 2.24. The summed E-state index contributed by atoms with van der Waals surface area (Å²) >= 11 is 0. The third kappa shape index (κ3) is 3.30. The number of nitrogens with zero attached hydrogens (tertiary/aromatic N) is 2. The van der Waals surface area contributed by atoms with Gasteiger partial charge >= 0.3 is 0 Å². The normalized spacial score (nSPS) is 10.1. The van der Waals surface area contributed by atoms with Crippen LogP contribution in [0.5, 0.6) is 11.6 Å². The molecule has 0 atom stereocenters. The van der Waals surface area contributed by atoms with Crippen LogP contribution in [0.3, 0.4) is 0 Å². The number of rotatable bonds is 4. The Morgan fingerprint density at radius 1 is 1.24 bits per heavy atom. The molecule has 0 radical (unpaired) electrons. The molecule has 0 bridgehead atoms. The van der Waals surface area contributed by atoms with Crippen molar-refractivity contribution in [3.05, 3.63) is 47.2 Å². The molecule has 108 valence electrons. The third-order valence-corrected chi connectivity index (χ3v) is 2.57. The first-order valence-corrected chi connectivity index (χ1v) is 5.79. The number of halogens is 1. The topological polar surface area (TPSA) is 112 Å². The summed E-state index contributed by atoms with van der Waals surface area (Å²) in [5.74, 6) is -3.33. The van der Waals surface area contributed by atoms with Gasteiger partial charge in [0.2, 0.25) is 5.75 Å². The van der Waals surface area contributed by atoms with Gasteiger partial charge in [0.1, 0.15) is 5.82 Å². The van der Waals surface area contributed by atoms with Crippen LogP contribution in [0.25, 0.3) is 0 Å². The lowest BCUT2D eigenvalue weighted by Gasteiger charge is -2.07. The zero-order chi connectivity index (χ0) is 15.4. The minimum Gasteiger partial charge on any atom is -0.501 e. The minimum atomic E-state index is -0.862. The van der Waals surface area contributed by atoms with Crippen LogP contribution in [-0.4, -0.2) is 32.4 Å². The third-order valence-electron chi connectivity index (χ3n) is 2.57. The van der Waals surface area contributed by atoms with Crippen molar-refractivity contribution >= 4 is 12.2 Å². The Hall–Kier alpha value is -3.03. The molecule has 0 spiro atoms. The smallest absolute Gasteiger partial charge is 0.274 e. The fourth-order valence-corrected chi connectivity index (χ4v) is 1.54. The fourth-order valence-electron chi connectivity index (χ4n) is 1.54. The molecule has 1 amide bonds. The second-order valence-electron chi connectivity index (χ2n) is 4.03. The Balaban J connectivity index is 2.15. The van der Waals surface area contributed by atoms with E-state index in [4.69, 9.17) is 0 Å². The summed E-state index contributed by atoms with van der Waals surface area (Å²) in [6.45, 7) is 0.0553. The lowest BCUT2D eigenvalue weighted by molar-refractivity contribution is 0.0941. The molecule has 0 saturated carbocycles. The van der Waals surface area contributed by atoms with Crippen LogP contribution in [0.4, 0.5) is 4.39 Å². The van der Waals surface area contributed by atoms with Gasteiger partial charge in [-0.15, -0.1) is 0 Å². The Bertz CT molecular complexity index is 689. The van der Waals surface area contributed by atoms with Gasteiger partial charge in [0, 0.05) is 6.54 Å². The van der Waals surface area contributed by atoms with E-state index in [1.165, 1.54) is 24.3 Å². The predicted octanol–water partition coefficient (Wildman–Crippen LogP) is 0.769. The van der Waals surface area contributed by atoms with Gasteiger partial charge in [0.25, 0.3) is 11.8 Å². The largest absolute Gasteiger partial charge is 0.501 e. The molecule has 0 aliphatic heterocycles. The van der Waals surface area contributed by atoms with Crippen LogP contribution >= 0.6 is 0 Å². The van der Waals surface area contributed by atoms with Crippen LogP contribution in [0.15, 0.2) is 24.3 Å². The molecule has 0 saturated heterocycles. The van der Waals surface area contributed by atoms with E-state index < -0.39 is 34.9 Å². The number of carbonyl (C=O) groups is 2. The van der Waals surface area contributed by atoms with Crippen molar-refractivity contribution in [2.75, 3.05) is 0 Å².